The van der Waals surface area contributed by atoms with E-state index in [0.29, 0.717) is 17.9 Å². The van der Waals surface area contributed by atoms with E-state index in [0.717, 1.165) is 30.2 Å². The molecule has 0 bridgehead atoms. The van der Waals surface area contributed by atoms with Crippen molar-refractivity contribution in [2.45, 2.75) is 53.0 Å². The van der Waals surface area contributed by atoms with Crippen molar-refractivity contribution < 1.29 is 0 Å². The Labute approximate surface area is 116 Å². The number of nitrogens with zero attached hydrogens (tertiary/aromatic N) is 2. The van der Waals surface area contributed by atoms with Crippen LogP contribution >= 0.6 is 11.6 Å². The maximum Gasteiger partial charge on any atom is 0.0820 e. The van der Waals surface area contributed by atoms with Gasteiger partial charge < -0.3 is 5.32 Å². The van der Waals surface area contributed by atoms with Gasteiger partial charge in [0.1, 0.15) is 0 Å². The molecule has 0 aliphatic carbocycles. The first kappa shape index (κ1) is 15.5. The summed E-state index contributed by atoms with van der Waals surface area (Å²) in [6.45, 7) is 13.0. The summed E-state index contributed by atoms with van der Waals surface area (Å²) in [6.07, 6.45) is 2.85. The molecular weight excluding hydrogens is 246 g/mol. The molecule has 0 amide bonds. The molecule has 0 fully saturated rings. The van der Waals surface area contributed by atoms with E-state index in [2.05, 4.69) is 45.0 Å². The molecule has 0 aromatic carbocycles. The zero-order valence-corrected chi connectivity index (χ0v) is 13.0. The highest BCUT2D eigenvalue weighted by molar-refractivity contribution is 6.31. The Morgan fingerprint density at radius 2 is 1.94 bits per heavy atom. The van der Waals surface area contributed by atoms with Gasteiger partial charge in [-0.3, -0.25) is 4.68 Å². The van der Waals surface area contributed by atoms with Crippen LogP contribution in [0.1, 0.15) is 58.7 Å². The van der Waals surface area contributed by atoms with Crippen molar-refractivity contribution in [2.24, 2.45) is 5.92 Å². The molecule has 0 spiro atoms. The quantitative estimate of drug-likeness (QED) is 0.764. The summed E-state index contributed by atoms with van der Waals surface area (Å²) in [6, 6.07) is 0.360. The zero-order chi connectivity index (χ0) is 13.7. The molecule has 18 heavy (non-hydrogen) atoms. The van der Waals surface area contributed by atoms with E-state index in [1.165, 1.54) is 0 Å². The molecule has 0 aliphatic rings. The third-order valence-electron chi connectivity index (χ3n) is 3.05. The Balaban J connectivity index is 2.55. The van der Waals surface area contributed by atoms with Crippen LogP contribution in [0.25, 0.3) is 0 Å². The second-order valence-electron chi connectivity index (χ2n) is 5.70. The number of rotatable bonds is 7. The van der Waals surface area contributed by atoms with Crippen molar-refractivity contribution in [2.75, 3.05) is 13.1 Å². The molecule has 4 heteroatoms. The Bertz CT molecular complexity index is 358. The van der Waals surface area contributed by atoms with Crippen LogP contribution in [0.2, 0.25) is 5.02 Å². The van der Waals surface area contributed by atoms with Crippen LogP contribution < -0.4 is 5.32 Å². The molecule has 104 valence electrons. The van der Waals surface area contributed by atoms with Crippen molar-refractivity contribution in [3.63, 3.8) is 0 Å². The molecule has 1 N–H and O–H groups in total. The lowest BCUT2D eigenvalue weighted by molar-refractivity contribution is 0.470. The minimum atomic E-state index is 0.360. The highest BCUT2D eigenvalue weighted by atomic mass is 35.5. The van der Waals surface area contributed by atoms with E-state index >= 15 is 0 Å². The molecular formula is C14H26ClN3. The van der Waals surface area contributed by atoms with E-state index in [9.17, 15) is 0 Å². The van der Waals surface area contributed by atoms with Crippen LogP contribution in [0.4, 0.5) is 0 Å². The van der Waals surface area contributed by atoms with Crippen molar-refractivity contribution >= 4 is 11.6 Å². The molecule has 0 radical (unpaired) electrons. The van der Waals surface area contributed by atoms with Gasteiger partial charge in [-0.05, 0) is 39.3 Å². The van der Waals surface area contributed by atoms with Gasteiger partial charge in [0.25, 0.3) is 0 Å². The smallest absolute Gasteiger partial charge is 0.0820 e. The summed E-state index contributed by atoms with van der Waals surface area (Å²) in [5, 5.41) is 8.62. The van der Waals surface area contributed by atoms with Gasteiger partial charge >= 0.3 is 0 Å². The van der Waals surface area contributed by atoms with Crippen molar-refractivity contribution in [3.05, 3.63) is 16.9 Å². The summed E-state index contributed by atoms with van der Waals surface area (Å²) in [5.41, 5.74) is 1.16. The van der Waals surface area contributed by atoms with Gasteiger partial charge in [0.15, 0.2) is 0 Å². The Morgan fingerprint density at radius 1 is 1.28 bits per heavy atom. The first-order chi connectivity index (χ1) is 8.43. The fourth-order valence-electron chi connectivity index (χ4n) is 2.07. The molecule has 1 atom stereocenters. The van der Waals surface area contributed by atoms with Crippen LogP contribution in [0, 0.1) is 5.92 Å². The molecule has 3 nitrogen and oxygen atoms in total. The second kappa shape index (κ2) is 7.15. The maximum absolute atomic E-state index is 6.24. The lowest BCUT2D eigenvalue weighted by Crippen LogP contribution is -2.22. The molecule has 0 saturated carbocycles. The standard InChI is InChI=1S/C14H26ClN3/c1-10(2)8-16-7-6-12(5)14-13(15)9-17-18(14)11(3)4/h9-12,16H,6-8H2,1-5H3. The normalized spacial score (nSPS) is 13.6. The predicted octanol–water partition coefficient (Wildman–Crippen LogP) is 3.86. The van der Waals surface area contributed by atoms with Gasteiger partial charge in [0.05, 0.1) is 16.9 Å². The fraction of sp³-hybridized carbons (Fsp3) is 0.786. The number of aromatic nitrogens is 2. The van der Waals surface area contributed by atoms with Gasteiger partial charge in [-0.25, -0.2) is 0 Å². The Morgan fingerprint density at radius 3 is 2.50 bits per heavy atom. The monoisotopic (exact) mass is 271 g/mol. The minimum absolute atomic E-state index is 0.360. The van der Waals surface area contributed by atoms with Crippen LogP contribution in [0.5, 0.6) is 0 Å². The number of hydrogen-bond donors (Lipinski definition) is 1. The highest BCUT2D eigenvalue weighted by Crippen LogP contribution is 2.28. The highest BCUT2D eigenvalue weighted by Gasteiger charge is 2.17. The molecule has 1 rings (SSSR count). The summed E-state index contributed by atoms with van der Waals surface area (Å²) in [4.78, 5) is 0. The zero-order valence-electron chi connectivity index (χ0n) is 12.2. The minimum Gasteiger partial charge on any atom is -0.316 e. The lowest BCUT2D eigenvalue weighted by Gasteiger charge is -2.18. The first-order valence-corrected chi connectivity index (χ1v) is 7.24. The lowest BCUT2D eigenvalue weighted by atomic mass is 10.0. The second-order valence-corrected chi connectivity index (χ2v) is 6.11. The molecule has 1 heterocycles. The molecule has 0 saturated heterocycles. The summed E-state index contributed by atoms with van der Waals surface area (Å²) in [7, 11) is 0. The Hall–Kier alpha value is -0.540. The van der Waals surface area contributed by atoms with Crippen LogP contribution in [0.15, 0.2) is 6.20 Å². The van der Waals surface area contributed by atoms with Gasteiger partial charge in [-0.1, -0.05) is 32.4 Å². The molecule has 1 aromatic heterocycles. The van der Waals surface area contributed by atoms with Crippen molar-refractivity contribution in [3.8, 4) is 0 Å². The van der Waals surface area contributed by atoms with Crippen molar-refractivity contribution in [1.82, 2.24) is 15.1 Å². The molecule has 1 aromatic rings. The molecule has 1 unspecified atom stereocenters. The van der Waals surface area contributed by atoms with E-state index in [4.69, 9.17) is 11.6 Å². The summed E-state index contributed by atoms with van der Waals surface area (Å²) >= 11 is 6.24. The van der Waals surface area contributed by atoms with Gasteiger partial charge in [0.2, 0.25) is 0 Å². The summed E-state index contributed by atoms with van der Waals surface area (Å²) in [5.74, 6) is 1.13. The fourth-order valence-corrected chi connectivity index (χ4v) is 2.39. The van der Waals surface area contributed by atoms with E-state index in [1.54, 1.807) is 6.20 Å². The van der Waals surface area contributed by atoms with Crippen molar-refractivity contribution in [1.29, 1.82) is 0 Å². The Kier molecular flexibility index (Phi) is 6.16. The van der Waals surface area contributed by atoms with E-state index in [-0.39, 0.29) is 0 Å². The maximum atomic E-state index is 6.24. The largest absolute Gasteiger partial charge is 0.316 e. The topological polar surface area (TPSA) is 29.9 Å². The predicted molar refractivity (Wildman–Crippen MR) is 78.4 cm³/mol. The van der Waals surface area contributed by atoms with Crippen LogP contribution in [-0.2, 0) is 0 Å². The SMILES string of the molecule is CC(C)CNCCC(C)c1c(Cl)cnn1C(C)C. The number of hydrogen-bond acceptors (Lipinski definition) is 2. The van der Waals surface area contributed by atoms with Gasteiger partial charge in [0, 0.05) is 12.0 Å². The third kappa shape index (κ3) is 4.29. The van der Waals surface area contributed by atoms with Crippen LogP contribution in [0.3, 0.4) is 0 Å². The summed E-state index contributed by atoms with van der Waals surface area (Å²) < 4.78 is 2.04. The van der Waals surface area contributed by atoms with Gasteiger partial charge in [-0.2, -0.15) is 5.10 Å². The average molecular weight is 272 g/mol. The first-order valence-electron chi connectivity index (χ1n) is 6.87. The van der Waals surface area contributed by atoms with E-state index in [1.807, 2.05) is 4.68 Å². The van der Waals surface area contributed by atoms with Crippen LogP contribution in [-0.4, -0.2) is 22.9 Å². The van der Waals surface area contributed by atoms with E-state index < -0.39 is 0 Å². The average Bonchev–Trinajstić information content (AvgIpc) is 2.66. The third-order valence-corrected chi connectivity index (χ3v) is 3.34. The molecule has 0 aliphatic heterocycles. The number of halogens is 1. The number of nitrogens with one attached hydrogen (secondary N) is 1. The van der Waals surface area contributed by atoms with Gasteiger partial charge in [-0.15, -0.1) is 0 Å².